The van der Waals surface area contributed by atoms with Crippen LogP contribution in [0.3, 0.4) is 0 Å². The van der Waals surface area contributed by atoms with E-state index in [9.17, 15) is 4.79 Å². The van der Waals surface area contributed by atoms with Crippen LogP contribution in [0.15, 0.2) is 59.1 Å². The molecule has 3 rings (SSSR count). The Hall–Kier alpha value is -2.95. The normalized spacial score (nSPS) is 10.3. The van der Waals surface area contributed by atoms with Gasteiger partial charge in [-0.3, -0.25) is 4.79 Å². The summed E-state index contributed by atoms with van der Waals surface area (Å²) in [6.45, 7) is 0. The third-order valence-corrected chi connectivity index (χ3v) is 3.09. The minimum atomic E-state index is -0.190. The van der Waals surface area contributed by atoms with Crippen molar-refractivity contribution in [2.45, 2.75) is 0 Å². The van der Waals surface area contributed by atoms with Crippen LogP contribution in [0, 0.1) is 0 Å². The molecule has 0 aliphatic rings. The average molecular weight is 279 g/mol. The van der Waals surface area contributed by atoms with Crippen LogP contribution in [0.2, 0.25) is 0 Å². The molecule has 21 heavy (non-hydrogen) atoms. The third kappa shape index (κ3) is 2.53. The molecule has 3 aromatic rings. The molecule has 2 aromatic carbocycles. The maximum atomic E-state index is 11.9. The van der Waals surface area contributed by atoms with Crippen molar-refractivity contribution >= 4 is 5.91 Å². The van der Waals surface area contributed by atoms with Gasteiger partial charge in [0.2, 0.25) is 5.82 Å². The van der Waals surface area contributed by atoms with Crippen molar-refractivity contribution in [2.24, 2.45) is 0 Å². The van der Waals surface area contributed by atoms with Gasteiger partial charge < -0.3 is 9.84 Å². The Bertz CT molecular complexity index is 766. The van der Waals surface area contributed by atoms with Gasteiger partial charge in [-0.15, -0.1) is 0 Å². The molecular formula is C16H13N3O2. The fraction of sp³-hybridized carbons (Fsp3) is 0.0625. The van der Waals surface area contributed by atoms with E-state index < -0.39 is 0 Å². The van der Waals surface area contributed by atoms with E-state index in [1.807, 2.05) is 36.4 Å². The second-order valence-corrected chi connectivity index (χ2v) is 4.41. The number of nitrogens with zero attached hydrogens (tertiary/aromatic N) is 2. The smallest absolute Gasteiger partial charge is 0.259 e. The Morgan fingerprint density at radius 3 is 2.52 bits per heavy atom. The van der Waals surface area contributed by atoms with Gasteiger partial charge in [0.1, 0.15) is 0 Å². The molecule has 0 bridgehead atoms. The zero-order valence-electron chi connectivity index (χ0n) is 11.4. The number of carbonyl (C=O) groups is 1. The molecule has 0 aliphatic heterocycles. The van der Waals surface area contributed by atoms with Crippen LogP contribution >= 0.6 is 0 Å². The van der Waals surface area contributed by atoms with E-state index in [1.165, 1.54) is 0 Å². The van der Waals surface area contributed by atoms with Gasteiger partial charge in [0.15, 0.2) is 0 Å². The zero-order chi connectivity index (χ0) is 14.7. The predicted octanol–water partition coefficient (Wildman–Crippen LogP) is 2.76. The van der Waals surface area contributed by atoms with Crippen LogP contribution < -0.4 is 5.32 Å². The molecule has 0 saturated heterocycles. The van der Waals surface area contributed by atoms with Crippen molar-refractivity contribution in [2.75, 3.05) is 7.05 Å². The number of rotatable bonds is 3. The Morgan fingerprint density at radius 1 is 1.05 bits per heavy atom. The van der Waals surface area contributed by atoms with Crippen LogP contribution in [0.4, 0.5) is 0 Å². The molecule has 0 unspecified atom stereocenters. The predicted molar refractivity (Wildman–Crippen MR) is 78.6 cm³/mol. The molecule has 1 aromatic heterocycles. The van der Waals surface area contributed by atoms with Crippen LogP contribution in [0.25, 0.3) is 22.8 Å². The maximum Gasteiger partial charge on any atom is 0.259 e. The van der Waals surface area contributed by atoms with Crippen LogP contribution in [0.5, 0.6) is 0 Å². The first kappa shape index (κ1) is 13.1. The summed E-state index contributed by atoms with van der Waals surface area (Å²) in [7, 11) is 1.59. The fourth-order valence-corrected chi connectivity index (χ4v) is 2.04. The monoisotopic (exact) mass is 279 g/mol. The Morgan fingerprint density at radius 2 is 1.76 bits per heavy atom. The van der Waals surface area contributed by atoms with Gasteiger partial charge in [-0.2, -0.15) is 4.98 Å². The summed E-state index contributed by atoms with van der Waals surface area (Å²) >= 11 is 0. The second-order valence-electron chi connectivity index (χ2n) is 4.41. The van der Waals surface area contributed by atoms with E-state index in [-0.39, 0.29) is 5.91 Å². The van der Waals surface area contributed by atoms with E-state index in [1.54, 1.807) is 25.2 Å². The van der Waals surface area contributed by atoms with Gasteiger partial charge >= 0.3 is 0 Å². The minimum absolute atomic E-state index is 0.190. The number of benzene rings is 2. The fourth-order valence-electron chi connectivity index (χ4n) is 2.04. The highest BCUT2D eigenvalue weighted by atomic mass is 16.5. The van der Waals surface area contributed by atoms with E-state index in [0.717, 1.165) is 5.56 Å². The second kappa shape index (κ2) is 5.58. The van der Waals surface area contributed by atoms with E-state index in [4.69, 9.17) is 4.52 Å². The van der Waals surface area contributed by atoms with Crippen molar-refractivity contribution in [1.82, 2.24) is 15.5 Å². The quantitative estimate of drug-likeness (QED) is 0.800. The summed E-state index contributed by atoms with van der Waals surface area (Å²) in [6, 6.07) is 16.7. The lowest BCUT2D eigenvalue weighted by molar-refractivity contribution is 0.0963. The first-order valence-corrected chi connectivity index (χ1v) is 6.50. The van der Waals surface area contributed by atoms with Crippen molar-refractivity contribution < 1.29 is 9.32 Å². The zero-order valence-corrected chi connectivity index (χ0v) is 11.4. The molecule has 0 aliphatic carbocycles. The van der Waals surface area contributed by atoms with Gasteiger partial charge in [0, 0.05) is 12.6 Å². The van der Waals surface area contributed by atoms with Crippen molar-refractivity contribution in [3.8, 4) is 22.8 Å². The Balaban J connectivity index is 2.03. The maximum absolute atomic E-state index is 11.9. The number of hydrogen-bond acceptors (Lipinski definition) is 4. The SMILES string of the molecule is CNC(=O)c1ccccc1-c1nc(-c2ccccc2)no1. The number of carbonyl (C=O) groups excluding carboxylic acids is 1. The van der Waals surface area contributed by atoms with Crippen molar-refractivity contribution in [3.05, 3.63) is 60.2 Å². The average Bonchev–Trinajstić information content (AvgIpc) is 3.05. The largest absolute Gasteiger partial charge is 0.355 e. The standard InChI is InChI=1S/C16H13N3O2/c1-17-15(20)12-9-5-6-10-13(12)16-18-14(19-21-16)11-7-3-2-4-8-11/h2-10H,1H3,(H,17,20). The first-order chi connectivity index (χ1) is 10.3. The lowest BCUT2D eigenvalue weighted by atomic mass is 10.1. The molecule has 5 nitrogen and oxygen atoms in total. The number of aromatic nitrogens is 2. The van der Waals surface area contributed by atoms with Gasteiger partial charge in [-0.25, -0.2) is 0 Å². The molecule has 0 saturated carbocycles. The Labute approximate surface area is 121 Å². The summed E-state index contributed by atoms with van der Waals surface area (Å²) < 4.78 is 5.30. The highest BCUT2D eigenvalue weighted by Gasteiger charge is 2.16. The molecule has 1 amide bonds. The van der Waals surface area contributed by atoms with Gasteiger partial charge in [0.05, 0.1) is 11.1 Å². The topological polar surface area (TPSA) is 68.0 Å². The molecule has 0 atom stereocenters. The summed E-state index contributed by atoms with van der Waals surface area (Å²) in [5.41, 5.74) is 1.99. The van der Waals surface area contributed by atoms with E-state index in [2.05, 4.69) is 15.5 Å². The highest BCUT2D eigenvalue weighted by Crippen LogP contribution is 2.24. The van der Waals surface area contributed by atoms with E-state index >= 15 is 0 Å². The number of amides is 1. The Kier molecular flexibility index (Phi) is 3.47. The molecule has 0 fully saturated rings. The molecule has 104 valence electrons. The van der Waals surface area contributed by atoms with Crippen LogP contribution in [-0.4, -0.2) is 23.1 Å². The molecular weight excluding hydrogens is 266 g/mol. The summed E-state index contributed by atoms with van der Waals surface area (Å²) in [5.74, 6) is 0.635. The van der Waals surface area contributed by atoms with Crippen molar-refractivity contribution in [1.29, 1.82) is 0 Å². The van der Waals surface area contributed by atoms with Crippen molar-refractivity contribution in [3.63, 3.8) is 0 Å². The van der Waals surface area contributed by atoms with Gasteiger partial charge in [-0.05, 0) is 12.1 Å². The third-order valence-electron chi connectivity index (χ3n) is 3.09. The summed E-state index contributed by atoms with van der Waals surface area (Å²) in [6.07, 6.45) is 0. The molecule has 1 N–H and O–H groups in total. The van der Waals surface area contributed by atoms with Crippen LogP contribution in [-0.2, 0) is 0 Å². The highest BCUT2D eigenvalue weighted by molar-refractivity contribution is 5.99. The molecule has 0 radical (unpaired) electrons. The lowest BCUT2D eigenvalue weighted by Gasteiger charge is -2.03. The molecule has 0 spiro atoms. The number of hydrogen-bond donors (Lipinski definition) is 1. The summed E-state index contributed by atoms with van der Waals surface area (Å²) in [5, 5.41) is 6.57. The van der Waals surface area contributed by atoms with Gasteiger partial charge in [0.25, 0.3) is 11.8 Å². The summed E-state index contributed by atoms with van der Waals surface area (Å²) in [4.78, 5) is 16.3. The minimum Gasteiger partial charge on any atom is -0.355 e. The van der Waals surface area contributed by atoms with E-state index in [0.29, 0.717) is 22.8 Å². The number of nitrogens with one attached hydrogen (secondary N) is 1. The first-order valence-electron chi connectivity index (χ1n) is 6.50. The van der Waals surface area contributed by atoms with Crippen LogP contribution in [0.1, 0.15) is 10.4 Å². The molecule has 5 heteroatoms. The lowest BCUT2D eigenvalue weighted by Crippen LogP contribution is -2.18. The van der Waals surface area contributed by atoms with Gasteiger partial charge in [-0.1, -0.05) is 47.6 Å². The molecule has 1 heterocycles.